The minimum absolute atomic E-state index is 0.0148. The summed E-state index contributed by atoms with van der Waals surface area (Å²) in [6.07, 6.45) is 4.44. The monoisotopic (exact) mass is 407 g/mol. The van der Waals surface area contributed by atoms with E-state index in [1.165, 1.54) is 28.6 Å². The number of nitrogens with two attached hydrogens (primary N) is 1. The fraction of sp³-hybridized carbons (Fsp3) is 0.526. The van der Waals surface area contributed by atoms with Gasteiger partial charge in [-0.15, -0.1) is 10.2 Å². The average Bonchev–Trinajstić information content (AvgIpc) is 3.05. The number of carbonyl (C=O) groups is 1. The van der Waals surface area contributed by atoms with Crippen LogP contribution in [-0.2, 0) is 11.4 Å². The Labute approximate surface area is 168 Å². The number of aromatic nitrogens is 3. The highest BCUT2D eigenvalue weighted by Gasteiger charge is 2.25. The zero-order valence-corrected chi connectivity index (χ0v) is 17.0. The average molecular weight is 408 g/mol. The summed E-state index contributed by atoms with van der Waals surface area (Å²) >= 11 is 1.24. The van der Waals surface area contributed by atoms with Gasteiger partial charge in [-0.25, -0.2) is 9.07 Å². The fourth-order valence-electron chi connectivity index (χ4n) is 3.27. The van der Waals surface area contributed by atoms with Crippen LogP contribution in [0.4, 0.5) is 4.39 Å². The van der Waals surface area contributed by atoms with Gasteiger partial charge in [0.15, 0.2) is 17.4 Å². The highest BCUT2D eigenvalue weighted by Crippen LogP contribution is 2.27. The number of nitrogens with zero attached hydrogens (tertiary/aromatic N) is 4. The molecule has 1 fully saturated rings. The summed E-state index contributed by atoms with van der Waals surface area (Å²) in [5.74, 6) is 7.06. The quantitative estimate of drug-likeness (QED) is 0.561. The molecule has 1 aromatic carbocycles. The number of amides is 1. The lowest BCUT2D eigenvalue weighted by Crippen LogP contribution is -2.40. The Morgan fingerprint density at radius 1 is 1.32 bits per heavy atom. The molecule has 2 N–H and O–H groups in total. The minimum Gasteiger partial charge on any atom is -0.482 e. The summed E-state index contributed by atoms with van der Waals surface area (Å²) in [7, 11) is 1.87. The Morgan fingerprint density at radius 2 is 2.04 bits per heavy atom. The molecule has 0 bridgehead atoms. The number of nitrogen functional groups attached to an aromatic ring is 1. The van der Waals surface area contributed by atoms with Crippen molar-refractivity contribution in [2.75, 3.05) is 18.6 Å². The van der Waals surface area contributed by atoms with Crippen LogP contribution in [0.3, 0.4) is 0 Å². The number of benzene rings is 1. The predicted molar refractivity (Wildman–Crippen MR) is 106 cm³/mol. The van der Waals surface area contributed by atoms with Crippen LogP contribution in [0.25, 0.3) is 0 Å². The van der Waals surface area contributed by atoms with E-state index in [0.29, 0.717) is 17.0 Å². The number of carbonyl (C=O) groups excluding carboxylic acids is 1. The summed E-state index contributed by atoms with van der Waals surface area (Å²) < 4.78 is 20.3. The molecular formula is C19H26FN5O2S. The van der Waals surface area contributed by atoms with Crippen molar-refractivity contribution in [1.82, 2.24) is 19.8 Å². The molecule has 7 nitrogen and oxygen atoms in total. The molecule has 1 aromatic heterocycles. The van der Waals surface area contributed by atoms with Gasteiger partial charge in [-0.1, -0.05) is 30.8 Å². The molecule has 1 heterocycles. The highest BCUT2D eigenvalue weighted by atomic mass is 32.2. The molecule has 0 aliphatic heterocycles. The molecule has 0 spiro atoms. The van der Waals surface area contributed by atoms with Gasteiger partial charge in [0.2, 0.25) is 11.1 Å². The van der Waals surface area contributed by atoms with Crippen LogP contribution in [0.15, 0.2) is 29.4 Å². The lowest BCUT2D eigenvalue weighted by atomic mass is 9.87. The molecule has 2 aromatic rings. The van der Waals surface area contributed by atoms with E-state index in [0.717, 1.165) is 31.6 Å². The van der Waals surface area contributed by atoms with Gasteiger partial charge in [-0.2, -0.15) is 0 Å². The number of thioether (sulfide) groups is 1. The molecule has 0 atom stereocenters. The lowest BCUT2D eigenvalue weighted by Gasteiger charge is -2.33. The van der Waals surface area contributed by atoms with Gasteiger partial charge in [-0.05, 0) is 43.7 Å². The van der Waals surface area contributed by atoms with Gasteiger partial charge in [0.05, 0.1) is 5.75 Å². The molecule has 152 valence electrons. The van der Waals surface area contributed by atoms with Crippen LogP contribution < -0.4 is 10.6 Å². The maximum Gasteiger partial charge on any atom is 0.233 e. The third-order valence-electron chi connectivity index (χ3n) is 5.18. The molecular weight excluding hydrogens is 381 g/mol. The second kappa shape index (κ2) is 9.27. The lowest BCUT2D eigenvalue weighted by molar-refractivity contribution is -0.129. The van der Waals surface area contributed by atoms with Crippen molar-refractivity contribution < 1.29 is 13.9 Å². The van der Waals surface area contributed by atoms with Gasteiger partial charge < -0.3 is 15.5 Å². The Balaban J connectivity index is 1.51. The normalized spacial score (nSPS) is 19.4. The second-order valence-corrected chi connectivity index (χ2v) is 8.14. The topological polar surface area (TPSA) is 86.3 Å². The highest BCUT2D eigenvalue weighted by molar-refractivity contribution is 7.99. The van der Waals surface area contributed by atoms with Crippen LogP contribution in [0.1, 0.15) is 38.4 Å². The first kappa shape index (κ1) is 20.4. The van der Waals surface area contributed by atoms with E-state index in [4.69, 9.17) is 10.6 Å². The number of hydrogen-bond acceptors (Lipinski definition) is 6. The van der Waals surface area contributed by atoms with Crippen LogP contribution in [0.5, 0.6) is 5.75 Å². The largest absolute Gasteiger partial charge is 0.482 e. The molecule has 1 amide bonds. The van der Waals surface area contributed by atoms with Crippen molar-refractivity contribution in [3.05, 3.63) is 35.9 Å². The molecule has 1 saturated carbocycles. The van der Waals surface area contributed by atoms with Crippen molar-refractivity contribution >= 4 is 17.7 Å². The van der Waals surface area contributed by atoms with Gasteiger partial charge in [0.25, 0.3) is 0 Å². The Bertz CT molecular complexity index is 807. The minimum atomic E-state index is -0.453. The van der Waals surface area contributed by atoms with Crippen LogP contribution in [-0.4, -0.2) is 44.5 Å². The van der Waals surface area contributed by atoms with Crippen LogP contribution >= 0.6 is 11.8 Å². The SMILES string of the molecule is CC1CCC(N(C)C(=O)CSc2nnc(COc3ccccc3F)n2N)CC1. The maximum absolute atomic E-state index is 13.6. The van der Waals surface area contributed by atoms with Gasteiger partial charge in [0.1, 0.15) is 6.61 Å². The van der Waals surface area contributed by atoms with E-state index in [2.05, 4.69) is 17.1 Å². The van der Waals surface area contributed by atoms with Crippen molar-refractivity contribution in [1.29, 1.82) is 0 Å². The number of hydrogen-bond donors (Lipinski definition) is 1. The molecule has 1 aliphatic rings. The van der Waals surface area contributed by atoms with Crippen molar-refractivity contribution in [3.63, 3.8) is 0 Å². The van der Waals surface area contributed by atoms with E-state index < -0.39 is 5.82 Å². The van der Waals surface area contributed by atoms with Crippen molar-refractivity contribution in [2.45, 2.75) is 50.4 Å². The Hall–Kier alpha value is -2.29. The summed E-state index contributed by atoms with van der Waals surface area (Å²) in [6, 6.07) is 6.43. The fourth-order valence-corrected chi connectivity index (χ4v) is 4.07. The second-order valence-electron chi connectivity index (χ2n) is 7.19. The number of rotatable bonds is 7. The van der Waals surface area contributed by atoms with E-state index in [-0.39, 0.29) is 24.0 Å². The molecule has 28 heavy (non-hydrogen) atoms. The third kappa shape index (κ3) is 4.95. The first-order valence-corrected chi connectivity index (χ1v) is 10.4. The predicted octanol–water partition coefficient (Wildman–Crippen LogP) is 2.84. The number of halogens is 1. The van der Waals surface area contributed by atoms with E-state index in [9.17, 15) is 9.18 Å². The molecule has 0 unspecified atom stereocenters. The van der Waals surface area contributed by atoms with Crippen molar-refractivity contribution in [3.8, 4) is 5.75 Å². The van der Waals surface area contributed by atoms with Gasteiger partial charge >= 0.3 is 0 Å². The smallest absolute Gasteiger partial charge is 0.233 e. The van der Waals surface area contributed by atoms with E-state index >= 15 is 0 Å². The zero-order valence-electron chi connectivity index (χ0n) is 16.2. The summed E-state index contributed by atoms with van der Waals surface area (Å²) in [6.45, 7) is 2.24. The first-order valence-electron chi connectivity index (χ1n) is 9.41. The first-order chi connectivity index (χ1) is 13.5. The number of para-hydroxylation sites is 1. The van der Waals surface area contributed by atoms with Crippen molar-refractivity contribution in [2.24, 2.45) is 5.92 Å². The third-order valence-corrected chi connectivity index (χ3v) is 6.11. The van der Waals surface area contributed by atoms with Gasteiger partial charge in [0, 0.05) is 13.1 Å². The van der Waals surface area contributed by atoms with Crippen LogP contribution in [0, 0.1) is 11.7 Å². The van der Waals surface area contributed by atoms with Crippen LogP contribution in [0.2, 0.25) is 0 Å². The molecule has 0 saturated heterocycles. The summed E-state index contributed by atoms with van der Waals surface area (Å²) in [5, 5.41) is 8.41. The van der Waals surface area contributed by atoms with E-state index in [1.54, 1.807) is 12.1 Å². The maximum atomic E-state index is 13.6. The number of ether oxygens (including phenoxy) is 1. The zero-order chi connectivity index (χ0) is 20.1. The summed E-state index contributed by atoms with van der Waals surface area (Å²) in [4.78, 5) is 14.3. The molecule has 1 aliphatic carbocycles. The standard InChI is InChI=1S/C19H26FN5O2S/c1-13-7-9-14(10-8-13)24(2)18(26)12-28-19-23-22-17(25(19)21)11-27-16-6-4-3-5-15(16)20/h3-6,13-14H,7-12,21H2,1-2H3. The van der Waals surface area contributed by atoms with Gasteiger partial charge in [-0.3, -0.25) is 4.79 Å². The molecule has 0 radical (unpaired) electrons. The Kier molecular flexibility index (Phi) is 6.77. The Morgan fingerprint density at radius 3 is 2.75 bits per heavy atom. The molecule has 3 rings (SSSR count). The summed E-state index contributed by atoms with van der Waals surface area (Å²) in [5.41, 5.74) is 0. The molecule has 9 heteroatoms. The van der Waals surface area contributed by atoms with E-state index in [1.807, 2.05) is 11.9 Å².